The van der Waals surface area contributed by atoms with E-state index in [1.54, 1.807) is 45.2 Å². The molecule has 1 heterocycles. The maximum atomic E-state index is 13.9. The molecule has 0 saturated heterocycles. The van der Waals surface area contributed by atoms with Gasteiger partial charge in [-0.25, -0.2) is 4.79 Å². The predicted octanol–water partition coefficient (Wildman–Crippen LogP) is 2.74. The van der Waals surface area contributed by atoms with Crippen molar-refractivity contribution in [3.05, 3.63) is 65.9 Å². The van der Waals surface area contributed by atoms with Crippen molar-refractivity contribution in [3.63, 3.8) is 0 Å². The number of carbonyl (C=O) groups excluding carboxylic acids is 5. The first-order valence-corrected chi connectivity index (χ1v) is 17.2. The molecule has 0 bridgehead atoms. The van der Waals surface area contributed by atoms with E-state index in [-0.39, 0.29) is 25.2 Å². The van der Waals surface area contributed by atoms with Crippen LogP contribution in [0.2, 0.25) is 0 Å². The number of rotatable bonds is 18. The first-order valence-electron chi connectivity index (χ1n) is 17.2. The Labute approximate surface area is 303 Å². The van der Waals surface area contributed by atoms with Crippen LogP contribution in [0.3, 0.4) is 0 Å². The van der Waals surface area contributed by atoms with Gasteiger partial charge in [-0.1, -0.05) is 44.2 Å². The second-order valence-electron chi connectivity index (χ2n) is 14.0. The number of alkyl carbamates (subject to hydrolysis) is 1. The number of amides is 5. The molecule has 52 heavy (non-hydrogen) atoms. The molecule has 5 amide bonds. The monoisotopic (exact) mass is 721 g/mol. The molecule has 3 aromatic rings. The molecule has 0 unspecified atom stereocenters. The van der Waals surface area contributed by atoms with Crippen LogP contribution in [-0.2, 0) is 41.6 Å². The summed E-state index contributed by atoms with van der Waals surface area (Å²) in [5, 5.41) is 23.8. The second-order valence-corrected chi connectivity index (χ2v) is 14.0. The van der Waals surface area contributed by atoms with Gasteiger partial charge in [0.05, 0.1) is 6.42 Å². The lowest BCUT2D eigenvalue weighted by Gasteiger charge is -2.27. The zero-order valence-electron chi connectivity index (χ0n) is 30.5. The first kappa shape index (κ1) is 40.8. The maximum Gasteiger partial charge on any atom is 0.408 e. The van der Waals surface area contributed by atoms with Crippen molar-refractivity contribution >= 4 is 52.3 Å². The standard InChI is InChI=1S/C37H51N7O8/c1-7-39-24-12-10-11-22(16-24)17-27(32(38)47)41-35(50)30(19-31(45)46)43-33(48)28(15-21(2)3)42-34(49)29(44-36(51)52-37(4,5)6)18-23-20-40-26-14-9-8-13-25(23)26/h8-14,16,20-21,27-30,39-40H,7,15,17-19H2,1-6H3,(H2,38,47)(H,41,50)(H,42,49)(H,43,48)(H,44,51)(H,45,46)/t27-,28-,29-,30-/m0/s1. The highest BCUT2D eigenvalue weighted by Gasteiger charge is 2.33. The Bertz CT molecular complexity index is 1730. The number of aromatic nitrogens is 1. The third kappa shape index (κ3) is 12.9. The Kier molecular flexibility index (Phi) is 14.6. The van der Waals surface area contributed by atoms with E-state index in [1.165, 1.54) is 0 Å². The Hall–Kier alpha value is -5.60. The van der Waals surface area contributed by atoms with Gasteiger partial charge in [-0.05, 0) is 69.4 Å². The number of primary amides is 1. The van der Waals surface area contributed by atoms with Gasteiger partial charge in [-0.15, -0.1) is 0 Å². The molecule has 0 saturated carbocycles. The van der Waals surface area contributed by atoms with Crippen LogP contribution < -0.4 is 32.3 Å². The molecular weight excluding hydrogens is 670 g/mol. The Balaban J connectivity index is 1.82. The minimum absolute atomic E-state index is 0.0164. The number of carboxylic acid groups (broad SMARTS) is 1. The number of anilines is 1. The van der Waals surface area contributed by atoms with Gasteiger partial charge in [-0.3, -0.25) is 24.0 Å². The Morgan fingerprint density at radius 2 is 1.46 bits per heavy atom. The van der Waals surface area contributed by atoms with E-state index in [9.17, 15) is 33.9 Å². The number of ether oxygens (including phenoxy) is 1. The van der Waals surface area contributed by atoms with Gasteiger partial charge in [-0.2, -0.15) is 0 Å². The highest BCUT2D eigenvalue weighted by Crippen LogP contribution is 2.20. The minimum atomic E-state index is -1.62. The number of carbonyl (C=O) groups is 6. The van der Waals surface area contributed by atoms with Crippen LogP contribution in [-0.4, -0.2) is 82.1 Å². The molecule has 4 atom stereocenters. The van der Waals surface area contributed by atoms with Gasteiger partial charge >= 0.3 is 12.1 Å². The summed E-state index contributed by atoms with van der Waals surface area (Å²) in [5.74, 6) is -4.86. The van der Waals surface area contributed by atoms with E-state index < -0.39 is 71.9 Å². The van der Waals surface area contributed by atoms with Crippen LogP contribution in [0.15, 0.2) is 54.7 Å². The lowest BCUT2D eigenvalue weighted by Crippen LogP contribution is -2.59. The summed E-state index contributed by atoms with van der Waals surface area (Å²) in [6.07, 6.45) is 0.242. The molecular formula is C37H51N7O8. The van der Waals surface area contributed by atoms with Crippen molar-refractivity contribution in [1.29, 1.82) is 0 Å². The van der Waals surface area contributed by atoms with Gasteiger partial charge in [0, 0.05) is 42.2 Å². The van der Waals surface area contributed by atoms with Crippen LogP contribution in [0.1, 0.15) is 65.5 Å². The normalized spacial score (nSPS) is 13.7. The number of carboxylic acids is 1. The molecule has 15 heteroatoms. The zero-order valence-corrected chi connectivity index (χ0v) is 30.5. The van der Waals surface area contributed by atoms with Crippen LogP contribution in [0, 0.1) is 5.92 Å². The fraction of sp³-hybridized carbons (Fsp3) is 0.459. The summed E-state index contributed by atoms with van der Waals surface area (Å²) >= 11 is 0. The number of fused-ring (bicyclic) bond motifs is 1. The smallest absolute Gasteiger partial charge is 0.408 e. The summed E-state index contributed by atoms with van der Waals surface area (Å²) in [5.41, 5.74) is 7.79. The molecule has 282 valence electrons. The lowest BCUT2D eigenvalue weighted by molar-refractivity contribution is -0.141. The molecule has 0 aliphatic carbocycles. The SMILES string of the molecule is CCNc1cccc(C[C@H](NC(=O)[C@H](CC(=O)O)NC(=O)[C@H](CC(C)C)NC(=O)[C@H](Cc2c[nH]c3ccccc23)NC(=O)OC(C)(C)C)C(N)=O)c1. The number of para-hydroxylation sites is 1. The topological polar surface area (TPSA) is 234 Å². The highest BCUT2D eigenvalue weighted by atomic mass is 16.6. The van der Waals surface area contributed by atoms with E-state index in [0.29, 0.717) is 12.1 Å². The largest absolute Gasteiger partial charge is 0.481 e. The molecule has 0 aliphatic rings. The van der Waals surface area contributed by atoms with E-state index >= 15 is 0 Å². The quantitative estimate of drug-likeness (QED) is 0.0963. The summed E-state index contributed by atoms with van der Waals surface area (Å²) < 4.78 is 5.41. The number of H-pyrrole nitrogens is 1. The number of benzene rings is 2. The summed E-state index contributed by atoms with van der Waals surface area (Å²) in [4.78, 5) is 81.2. The molecule has 0 aliphatic heterocycles. The summed E-state index contributed by atoms with van der Waals surface area (Å²) in [6, 6.07) is 9.36. The average molecular weight is 722 g/mol. The molecule has 2 aromatic carbocycles. The number of nitrogens with one attached hydrogen (secondary N) is 6. The first-order chi connectivity index (χ1) is 24.4. The molecule has 1 aromatic heterocycles. The third-order valence-electron chi connectivity index (χ3n) is 7.87. The van der Waals surface area contributed by atoms with Crippen molar-refractivity contribution in [2.24, 2.45) is 11.7 Å². The van der Waals surface area contributed by atoms with Crippen molar-refractivity contribution in [3.8, 4) is 0 Å². The van der Waals surface area contributed by atoms with Crippen molar-refractivity contribution in [2.75, 3.05) is 11.9 Å². The highest BCUT2D eigenvalue weighted by molar-refractivity contribution is 5.97. The Morgan fingerprint density at radius 1 is 0.827 bits per heavy atom. The second kappa shape index (κ2) is 18.6. The molecule has 0 spiro atoms. The number of nitrogens with two attached hydrogens (primary N) is 1. The van der Waals surface area contributed by atoms with Gasteiger partial charge < -0.3 is 47.1 Å². The van der Waals surface area contributed by atoms with Gasteiger partial charge in [0.1, 0.15) is 29.8 Å². The Morgan fingerprint density at radius 3 is 2.10 bits per heavy atom. The van der Waals surface area contributed by atoms with Crippen LogP contribution in [0.4, 0.5) is 10.5 Å². The molecule has 9 N–H and O–H groups in total. The molecule has 3 rings (SSSR count). The van der Waals surface area contributed by atoms with E-state index in [0.717, 1.165) is 22.2 Å². The minimum Gasteiger partial charge on any atom is -0.481 e. The van der Waals surface area contributed by atoms with Crippen molar-refractivity contribution in [2.45, 2.75) is 97.0 Å². The summed E-state index contributed by atoms with van der Waals surface area (Å²) in [7, 11) is 0. The third-order valence-corrected chi connectivity index (χ3v) is 7.87. The number of hydrogen-bond donors (Lipinski definition) is 8. The van der Waals surface area contributed by atoms with Gasteiger partial charge in [0.25, 0.3) is 0 Å². The number of aromatic amines is 1. The fourth-order valence-corrected chi connectivity index (χ4v) is 5.55. The zero-order chi connectivity index (χ0) is 38.6. The van der Waals surface area contributed by atoms with Crippen LogP contribution in [0.25, 0.3) is 10.9 Å². The molecule has 0 fully saturated rings. The van der Waals surface area contributed by atoms with Crippen molar-refractivity contribution in [1.82, 2.24) is 26.3 Å². The molecule has 15 nitrogen and oxygen atoms in total. The van der Waals surface area contributed by atoms with Crippen molar-refractivity contribution < 1.29 is 38.6 Å². The van der Waals surface area contributed by atoms with Gasteiger partial charge in [0.2, 0.25) is 23.6 Å². The lowest BCUT2D eigenvalue weighted by atomic mass is 10.00. The van der Waals surface area contributed by atoms with Crippen LogP contribution >= 0.6 is 0 Å². The van der Waals surface area contributed by atoms with E-state index in [4.69, 9.17) is 10.5 Å². The van der Waals surface area contributed by atoms with E-state index in [2.05, 4.69) is 31.6 Å². The van der Waals surface area contributed by atoms with Gasteiger partial charge in [0.15, 0.2) is 0 Å². The maximum absolute atomic E-state index is 13.9. The number of aliphatic carboxylic acids is 1. The summed E-state index contributed by atoms with van der Waals surface area (Å²) in [6.45, 7) is 11.3. The predicted molar refractivity (Wildman–Crippen MR) is 196 cm³/mol. The van der Waals surface area contributed by atoms with Crippen LogP contribution in [0.5, 0.6) is 0 Å². The molecule has 0 radical (unpaired) electrons. The fourth-order valence-electron chi connectivity index (χ4n) is 5.55. The van der Waals surface area contributed by atoms with E-state index in [1.807, 2.05) is 51.1 Å². The number of hydrogen-bond acceptors (Lipinski definition) is 8. The average Bonchev–Trinajstić information content (AvgIpc) is 3.45.